The van der Waals surface area contributed by atoms with Gasteiger partial charge in [0.25, 0.3) is 0 Å². The van der Waals surface area contributed by atoms with E-state index in [2.05, 4.69) is 17.1 Å². The smallest absolute Gasteiger partial charge is 0.231 e. The van der Waals surface area contributed by atoms with Gasteiger partial charge in [0, 0.05) is 17.0 Å². The van der Waals surface area contributed by atoms with E-state index in [1.165, 1.54) is 0 Å². The minimum Gasteiger partial charge on any atom is -0.454 e. The van der Waals surface area contributed by atoms with Gasteiger partial charge in [-0.05, 0) is 36.2 Å². The molecule has 2 heterocycles. The second-order valence-electron chi connectivity index (χ2n) is 6.27. The highest BCUT2D eigenvalue weighted by Crippen LogP contribution is 2.37. The Labute approximate surface area is 161 Å². The number of nitriles is 2. The molecule has 3 aromatic rings. The van der Waals surface area contributed by atoms with Crippen molar-refractivity contribution in [3.05, 3.63) is 64.8 Å². The van der Waals surface area contributed by atoms with Crippen LogP contribution in [0.15, 0.2) is 48.5 Å². The van der Waals surface area contributed by atoms with Crippen LogP contribution >= 0.6 is 11.6 Å². The zero-order valence-corrected chi connectivity index (χ0v) is 15.0. The molecule has 0 saturated heterocycles. The number of hydrogen-bond donors (Lipinski definition) is 0. The lowest BCUT2D eigenvalue weighted by Crippen LogP contribution is -2.13. The summed E-state index contributed by atoms with van der Waals surface area (Å²) in [6.07, 6.45) is 0.437. The molecule has 0 radical (unpaired) electrons. The molecule has 27 heavy (non-hydrogen) atoms. The summed E-state index contributed by atoms with van der Waals surface area (Å²) in [7, 11) is 0. The lowest BCUT2D eigenvalue weighted by molar-refractivity contribution is 0.174. The summed E-state index contributed by atoms with van der Waals surface area (Å²) < 4.78 is 10.8. The first-order chi connectivity index (χ1) is 13.2. The third-order valence-corrected chi connectivity index (χ3v) is 4.97. The molecule has 0 amide bonds. The molecule has 0 fully saturated rings. The SMILES string of the molecule is N#CC(C#N)C(Cc1ccc2cccc(Cl)c2n1)c1ccc2c(c1)OCO2. The third kappa shape index (κ3) is 3.26. The Morgan fingerprint density at radius 1 is 1.04 bits per heavy atom. The van der Waals surface area contributed by atoms with Crippen molar-refractivity contribution in [2.24, 2.45) is 5.92 Å². The van der Waals surface area contributed by atoms with E-state index in [0.29, 0.717) is 28.5 Å². The van der Waals surface area contributed by atoms with Crippen molar-refractivity contribution in [1.29, 1.82) is 10.5 Å². The Morgan fingerprint density at radius 2 is 1.85 bits per heavy atom. The average molecular weight is 376 g/mol. The van der Waals surface area contributed by atoms with E-state index >= 15 is 0 Å². The summed E-state index contributed by atoms with van der Waals surface area (Å²) in [5.74, 6) is 0.135. The quantitative estimate of drug-likeness (QED) is 0.665. The number of rotatable bonds is 4. The first-order valence-electron chi connectivity index (χ1n) is 8.42. The van der Waals surface area contributed by atoms with Gasteiger partial charge in [-0.15, -0.1) is 0 Å². The van der Waals surface area contributed by atoms with Crippen LogP contribution in [-0.4, -0.2) is 11.8 Å². The van der Waals surface area contributed by atoms with Crippen molar-refractivity contribution in [3.63, 3.8) is 0 Å². The Morgan fingerprint density at radius 3 is 2.67 bits per heavy atom. The van der Waals surface area contributed by atoms with E-state index in [1.54, 1.807) is 12.1 Å². The molecule has 0 aliphatic carbocycles. The normalized spacial score (nSPS) is 13.3. The second-order valence-corrected chi connectivity index (χ2v) is 6.68. The summed E-state index contributed by atoms with van der Waals surface area (Å²) in [5.41, 5.74) is 2.33. The summed E-state index contributed by atoms with van der Waals surface area (Å²) in [6, 6.07) is 19.2. The van der Waals surface area contributed by atoms with Gasteiger partial charge in [0.2, 0.25) is 6.79 Å². The largest absolute Gasteiger partial charge is 0.454 e. The molecule has 1 aliphatic rings. The summed E-state index contributed by atoms with van der Waals surface area (Å²) in [6.45, 7) is 0.175. The molecule has 1 atom stereocenters. The maximum absolute atomic E-state index is 9.48. The molecular formula is C21H14ClN3O2. The standard InChI is InChI=1S/C21H14ClN3O2/c22-18-3-1-2-13-4-6-16(25-21(13)18)9-17(15(10-23)11-24)14-5-7-19-20(8-14)27-12-26-19/h1-8,15,17H,9,12H2. The monoisotopic (exact) mass is 375 g/mol. The number of fused-ring (bicyclic) bond motifs is 2. The van der Waals surface area contributed by atoms with Crippen LogP contribution in [0.1, 0.15) is 17.2 Å². The van der Waals surface area contributed by atoms with E-state index < -0.39 is 5.92 Å². The first kappa shape index (κ1) is 17.1. The van der Waals surface area contributed by atoms with Gasteiger partial charge in [-0.2, -0.15) is 10.5 Å². The van der Waals surface area contributed by atoms with Crippen molar-refractivity contribution >= 4 is 22.5 Å². The first-order valence-corrected chi connectivity index (χ1v) is 8.80. The molecule has 0 saturated carbocycles. The van der Waals surface area contributed by atoms with E-state index in [-0.39, 0.29) is 12.7 Å². The molecule has 1 unspecified atom stereocenters. The van der Waals surface area contributed by atoms with Gasteiger partial charge in [0.05, 0.1) is 22.7 Å². The van der Waals surface area contributed by atoms with Gasteiger partial charge < -0.3 is 9.47 Å². The molecule has 4 rings (SSSR count). The highest BCUT2D eigenvalue weighted by molar-refractivity contribution is 6.35. The predicted octanol–water partition coefficient (Wildman–Crippen LogP) is 4.61. The Balaban J connectivity index is 1.73. The van der Waals surface area contributed by atoms with Crippen molar-refractivity contribution in [3.8, 4) is 23.6 Å². The third-order valence-electron chi connectivity index (χ3n) is 4.66. The fourth-order valence-corrected chi connectivity index (χ4v) is 3.50. The Kier molecular flexibility index (Phi) is 4.54. The minimum atomic E-state index is -0.811. The zero-order chi connectivity index (χ0) is 18.8. The van der Waals surface area contributed by atoms with E-state index in [4.69, 9.17) is 21.1 Å². The fourth-order valence-electron chi connectivity index (χ4n) is 3.27. The second kappa shape index (κ2) is 7.15. The maximum Gasteiger partial charge on any atom is 0.231 e. The van der Waals surface area contributed by atoms with Crippen LogP contribution in [-0.2, 0) is 6.42 Å². The molecule has 6 heteroatoms. The summed E-state index contributed by atoms with van der Waals surface area (Å²) in [5, 5.41) is 20.5. The fraction of sp³-hybridized carbons (Fsp3) is 0.190. The Bertz CT molecular complexity index is 1090. The van der Waals surface area contributed by atoms with Crippen molar-refractivity contribution in [2.75, 3.05) is 6.79 Å². The number of aromatic nitrogens is 1. The van der Waals surface area contributed by atoms with Crippen LogP contribution < -0.4 is 9.47 Å². The molecule has 5 nitrogen and oxygen atoms in total. The van der Waals surface area contributed by atoms with Crippen molar-refractivity contribution < 1.29 is 9.47 Å². The van der Waals surface area contributed by atoms with Gasteiger partial charge >= 0.3 is 0 Å². The molecule has 1 aliphatic heterocycles. The van der Waals surface area contributed by atoms with Crippen LogP contribution in [0.5, 0.6) is 11.5 Å². The molecule has 0 spiro atoms. The van der Waals surface area contributed by atoms with Crippen molar-refractivity contribution in [1.82, 2.24) is 4.98 Å². The number of benzene rings is 2. The molecule has 0 bridgehead atoms. The van der Waals surface area contributed by atoms with Crippen LogP contribution in [0, 0.1) is 28.6 Å². The van der Waals surface area contributed by atoms with Crippen LogP contribution in [0.25, 0.3) is 10.9 Å². The average Bonchev–Trinajstić information content (AvgIpc) is 3.16. The number of para-hydroxylation sites is 1. The zero-order valence-electron chi connectivity index (χ0n) is 14.2. The van der Waals surface area contributed by atoms with Crippen LogP contribution in [0.4, 0.5) is 0 Å². The van der Waals surface area contributed by atoms with Gasteiger partial charge in [-0.3, -0.25) is 4.98 Å². The van der Waals surface area contributed by atoms with E-state index in [9.17, 15) is 10.5 Å². The van der Waals surface area contributed by atoms with Gasteiger partial charge in [0.1, 0.15) is 5.92 Å². The highest BCUT2D eigenvalue weighted by Gasteiger charge is 2.26. The van der Waals surface area contributed by atoms with Gasteiger partial charge in [-0.25, -0.2) is 0 Å². The molecular weight excluding hydrogens is 362 g/mol. The number of pyridine rings is 1. The maximum atomic E-state index is 9.48. The molecule has 0 N–H and O–H groups in total. The predicted molar refractivity (Wildman–Crippen MR) is 100 cm³/mol. The van der Waals surface area contributed by atoms with Crippen LogP contribution in [0.2, 0.25) is 5.02 Å². The topological polar surface area (TPSA) is 78.9 Å². The lowest BCUT2D eigenvalue weighted by Gasteiger charge is -2.18. The highest BCUT2D eigenvalue weighted by atomic mass is 35.5. The molecule has 1 aromatic heterocycles. The molecule has 2 aromatic carbocycles. The Hall–Kier alpha value is -3.28. The number of nitrogens with zero attached hydrogens (tertiary/aromatic N) is 3. The van der Waals surface area contributed by atoms with E-state index in [1.807, 2.05) is 36.4 Å². The number of hydrogen-bond acceptors (Lipinski definition) is 5. The van der Waals surface area contributed by atoms with Gasteiger partial charge in [-0.1, -0.05) is 35.9 Å². The van der Waals surface area contributed by atoms with Gasteiger partial charge in [0.15, 0.2) is 11.5 Å². The number of halogens is 1. The summed E-state index contributed by atoms with van der Waals surface area (Å²) >= 11 is 6.27. The molecule has 132 valence electrons. The van der Waals surface area contributed by atoms with Crippen LogP contribution in [0.3, 0.4) is 0 Å². The number of ether oxygens (including phenoxy) is 2. The van der Waals surface area contributed by atoms with Crippen molar-refractivity contribution in [2.45, 2.75) is 12.3 Å². The summed E-state index contributed by atoms with van der Waals surface area (Å²) in [4.78, 5) is 4.66. The van der Waals surface area contributed by atoms with E-state index in [0.717, 1.165) is 16.6 Å². The lowest BCUT2D eigenvalue weighted by atomic mass is 9.84. The minimum absolute atomic E-state index is 0.175.